The summed E-state index contributed by atoms with van der Waals surface area (Å²) in [6.07, 6.45) is 1.69. The molecular formula is C12H13ClFN3. The van der Waals surface area contributed by atoms with E-state index in [1.807, 2.05) is 13.0 Å². The van der Waals surface area contributed by atoms with Gasteiger partial charge in [-0.3, -0.25) is 4.57 Å². The molecule has 0 amide bonds. The summed E-state index contributed by atoms with van der Waals surface area (Å²) in [4.78, 5) is 0. The molecule has 2 rings (SSSR count). The quantitative estimate of drug-likeness (QED) is 0.840. The lowest BCUT2D eigenvalue weighted by atomic mass is 10.2. The number of benzene rings is 1. The van der Waals surface area contributed by atoms with E-state index in [9.17, 15) is 4.39 Å². The third kappa shape index (κ3) is 2.31. The molecule has 0 aliphatic rings. The first-order valence-corrected chi connectivity index (χ1v) is 5.87. The number of rotatable bonds is 3. The number of aryl methyl sites for hydroxylation is 2. The summed E-state index contributed by atoms with van der Waals surface area (Å²) in [5, 5.41) is 8.07. The molecule has 0 aliphatic carbocycles. The molecule has 5 heteroatoms. The van der Waals surface area contributed by atoms with Crippen molar-refractivity contribution in [3.05, 3.63) is 40.7 Å². The SMILES string of the molecule is CCCc1nnc(Cl)n1-c1ccc(C)c(F)c1. The van der Waals surface area contributed by atoms with Gasteiger partial charge in [0.1, 0.15) is 11.6 Å². The summed E-state index contributed by atoms with van der Waals surface area (Å²) in [5.74, 6) is 0.496. The second-order valence-corrected chi connectivity index (χ2v) is 4.24. The zero-order valence-electron chi connectivity index (χ0n) is 9.74. The minimum atomic E-state index is -0.255. The fourth-order valence-electron chi connectivity index (χ4n) is 1.66. The largest absolute Gasteiger partial charge is 0.270 e. The van der Waals surface area contributed by atoms with E-state index in [0.717, 1.165) is 18.7 Å². The van der Waals surface area contributed by atoms with Crippen molar-refractivity contribution in [3.63, 3.8) is 0 Å². The Morgan fingerprint density at radius 3 is 2.76 bits per heavy atom. The van der Waals surface area contributed by atoms with Crippen LogP contribution in [0.5, 0.6) is 0 Å². The lowest BCUT2D eigenvalue weighted by Crippen LogP contribution is -2.02. The van der Waals surface area contributed by atoms with Crippen molar-refractivity contribution in [1.82, 2.24) is 14.8 Å². The zero-order chi connectivity index (χ0) is 12.4. The molecule has 3 nitrogen and oxygen atoms in total. The van der Waals surface area contributed by atoms with Gasteiger partial charge in [-0.2, -0.15) is 0 Å². The predicted octanol–water partition coefficient (Wildman–Crippen LogP) is 3.32. The van der Waals surface area contributed by atoms with Crippen LogP contribution in [0.2, 0.25) is 5.28 Å². The van der Waals surface area contributed by atoms with E-state index in [1.165, 1.54) is 6.07 Å². The van der Waals surface area contributed by atoms with Gasteiger partial charge in [-0.05, 0) is 42.6 Å². The van der Waals surface area contributed by atoms with Crippen LogP contribution in [0.25, 0.3) is 5.69 Å². The van der Waals surface area contributed by atoms with E-state index in [1.54, 1.807) is 17.6 Å². The van der Waals surface area contributed by atoms with Gasteiger partial charge in [0.25, 0.3) is 0 Å². The van der Waals surface area contributed by atoms with Crippen molar-refractivity contribution >= 4 is 11.6 Å². The minimum Gasteiger partial charge on any atom is -0.270 e. The van der Waals surface area contributed by atoms with Crippen molar-refractivity contribution in [2.45, 2.75) is 26.7 Å². The van der Waals surface area contributed by atoms with Crippen LogP contribution in [0.15, 0.2) is 18.2 Å². The first kappa shape index (κ1) is 12.0. The summed E-state index contributed by atoms with van der Waals surface area (Å²) in [7, 11) is 0. The molecule has 0 N–H and O–H groups in total. The Balaban J connectivity index is 2.51. The summed E-state index contributed by atoms with van der Waals surface area (Å²) in [5.41, 5.74) is 1.27. The topological polar surface area (TPSA) is 30.7 Å². The normalized spacial score (nSPS) is 10.8. The molecule has 1 heterocycles. The van der Waals surface area contributed by atoms with E-state index < -0.39 is 0 Å². The number of aromatic nitrogens is 3. The molecule has 0 fully saturated rings. The predicted molar refractivity (Wildman–Crippen MR) is 65.1 cm³/mol. The highest BCUT2D eigenvalue weighted by Crippen LogP contribution is 2.20. The lowest BCUT2D eigenvalue weighted by molar-refractivity contribution is 0.617. The van der Waals surface area contributed by atoms with Crippen LogP contribution in [0, 0.1) is 12.7 Å². The van der Waals surface area contributed by atoms with Crippen molar-refractivity contribution in [2.75, 3.05) is 0 Å². The molecule has 1 aromatic heterocycles. The average Bonchev–Trinajstić information content (AvgIpc) is 2.65. The van der Waals surface area contributed by atoms with Crippen LogP contribution in [0.4, 0.5) is 4.39 Å². The molecule has 0 spiro atoms. The average molecular weight is 254 g/mol. The molecule has 0 saturated carbocycles. The Bertz CT molecular complexity index is 537. The fraction of sp³-hybridized carbons (Fsp3) is 0.333. The molecule has 0 aliphatic heterocycles. The highest BCUT2D eigenvalue weighted by Gasteiger charge is 2.12. The van der Waals surface area contributed by atoms with E-state index in [4.69, 9.17) is 11.6 Å². The molecule has 0 bridgehead atoms. The van der Waals surface area contributed by atoms with Gasteiger partial charge < -0.3 is 0 Å². The molecule has 2 aromatic rings. The van der Waals surface area contributed by atoms with Gasteiger partial charge in [0.15, 0.2) is 0 Å². The number of nitrogens with zero attached hydrogens (tertiary/aromatic N) is 3. The Morgan fingerprint density at radius 1 is 1.35 bits per heavy atom. The fourth-order valence-corrected chi connectivity index (χ4v) is 1.89. The first-order chi connectivity index (χ1) is 8.13. The molecular weight excluding hydrogens is 241 g/mol. The van der Waals surface area contributed by atoms with Gasteiger partial charge in [0.05, 0.1) is 5.69 Å². The van der Waals surface area contributed by atoms with E-state index >= 15 is 0 Å². The van der Waals surface area contributed by atoms with Crippen molar-refractivity contribution in [2.24, 2.45) is 0 Å². The Kier molecular flexibility index (Phi) is 3.43. The van der Waals surface area contributed by atoms with Crippen LogP contribution < -0.4 is 0 Å². The van der Waals surface area contributed by atoms with Crippen LogP contribution in [-0.4, -0.2) is 14.8 Å². The van der Waals surface area contributed by atoms with E-state index in [2.05, 4.69) is 10.2 Å². The highest BCUT2D eigenvalue weighted by atomic mass is 35.5. The third-order valence-corrected chi connectivity index (χ3v) is 2.82. The second-order valence-electron chi connectivity index (χ2n) is 3.90. The number of hydrogen-bond acceptors (Lipinski definition) is 2. The molecule has 1 aromatic carbocycles. The summed E-state index contributed by atoms with van der Waals surface area (Å²) >= 11 is 5.97. The van der Waals surface area contributed by atoms with E-state index in [-0.39, 0.29) is 11.1 Å². The molecule has 17 heavy (non-hydrogen) atoms. The Hall–Kier alpha value is -1.42. The van der Waals surface area contributed by atoms with Gasteiger partial charge in [0.2, 0.25) is 5.28 Å². The maximum atomic E-state index is 13.5. The highest BCUT2D eigenvalue weighted by molar-refractivity contribution is 6.28. The van der Waals surface area contributed by atoms with Crippen molar-refractivity contribution in [1.29, 1.82) is 0 Å². The lowest BCUT2D eigenvalue weighted by Gasteiger charge is -2.08. The molecule has 0 saturated heterocycles. The van der Waals surface area contributed by atoms with Crippen molar-refractivity contribution in [3.8, 4) is 5.69 Å². The second kappa shape index (κ2) is 4.84. The van der Waals surface area contributed by atoms with Gasteiger partial charge in [-0.15, -0.1) is 10.2 Å². The summed E-state index contributed by atoms with van der Waals surface area (Å²) < 4.78 is 15.2. The van der Waals surface area contributed by atoms with Gasteiger partial charge in [-0.25, -0.2) is 4.39 Å². The zero-order valence-corrected chi connectivity index (χ0v) is 10.5. The van der Waals surface area contributed by atoms with Crippen LogP contribution >= 0.6 is 11.6 Å². The molecule has 90 valence electrons. The first-order valence-electron chi connectivity index (χ1n) is 5.49. The Labute approximate surface area is 104 Å². The Morgan fingerprint density at radius 2 is 2.12 bits per heavy atom. The smallest absolute Gasteiger partial charge is 0.229 e. The number of halogens is 2. The van der Waals surface area contributed by atoms with E-state index in [0.29, 0.717) is 11.3 Å². The monoisotopic (exact) mass is 253 g/mol. The minimum absolute atomic E-state index is 0.255. The summed E-state index contributed by atoms with van der Waals surface area (Å²) in [6.45, 7) is 3.77. The standard InChI is InChI=1S/C12H13ClFN3/c1-3-4-11-15-16-12(13)17(11)9-6-5-8(2)10(14)7-9/h5-7H,3-4H2,1-2H3. The molecule has 0 radical (unpaired) electrons. The maximum Gasteiger partial charge on any atom is 0.229 e. The van der Waals surface area contributed by atoms with Crippen LogP contribution in [-0.2, 0) is 6.42 Å². The maximum absolute atomic E-state index is 13.5. The van der Waals surface area contributed by atoms with Gasteiger partial charge >= 0.3 is 0 Å². The van der Waals surface area contributed by atoms with Crippen LogP contribution in [0.3, 0.4) is 0 Å². The molecule has 0 atom stereocenters. The number of hydrogen-bond donors (Lipinski definition) is 0. The van der Waals surface area contributed by atoms with Crippen LogP contribution in [0.1, 0.15) is 24.7 Å². The third-order valence-electron chi connectivity index (χ3n) is 2.58. The van der Waals surface area contributed by atoms with Gasteiger partial charge in [-0.1, -0.05) is 13.0 Å². The van der Waals surface area contributed by atoms with Gasteiger partial charge in [0, 0.05) is 6.42 Å². The molecule has 0 unspecified atom stereocenters. The summed E-state index contributed by atoms with van der Waals surface area (Å²) in [6, 6.07) is 4.98. The van der Waals surface area contributed by atoms with Crippen molar-refractivity contribution < 1.29 is 4.39 Å².